The molecule has 1 atom stereocenters. The summed E-state index contributed by atoms with van der Waals surface area (Å²) in [6, 6.07) is 12.5. The van der Waals surface area contributed by atoms with E-state index in [0.717, 1.165) is 17.7 Å². The summed E-state index contributed by atoms with van der Waals surface area (Å²) >= 11 is 5.83. The van der Waals surface area contributed by atoms with Crippen molar-refractivity contribution in [3.63, 3.8) is 0 Å². The van der Waals surface area contributed by atoms with Crippen molar-refractivity contribution in [2.75, 3.05) is 11.4 Å². The van der Waals surface area contributed by atoms with Gasteiger partial charge < -0.3 is 10.0 Å². The van der Waals surface area contributed by atoms with Gasteiger partial charge in [-0.3, -0.25) is 4.79 Å². The fourth-order valence-electron chi connectivity index (χ4n) is 2.82. The lowest BCUT2D eigenvalue weighted by molar-refractivity contribution is 0.0978. The second kappa shape index (κ2) is 5.41. The lowest BCUT2D eigenvalue weighted by Gasteiger charge is -2.33. The molecule has 1 amide bonds. The number of carbonyl (C=O) groups is 1. The highest BCUT2D eigenvalue weighted by atomic mass is 35.5. The third kappa shape index (κ3) is 2.61. The van der Waals surface area contributed by atoms with Gasteiger partial charge in [0.15, 0.2) is 0 Å². The van der Waals surface area contributed by atoms with Gasteiger partial charge in [-0.15, -0.1) is 0 Å². The van der Waals surface area contributed by atoms with Gasteiger partial charge >= 0.3 is 0 Å². The highest BCUT2D eigenvalue weighted by Gasteiger charge is 2.28. The van der Waals surface area contributed by atoms with Crippen molar-refractivity contribution in [1.82, 2.24) is 0 Å². The van der Waals surface area contributed by atoms with Gasteiger partial charge in [0.1, 0.15) is 5.75 Å². The molecule has 1 unspecified atom stereocenters. The molecule has 0 saturated carbocycles. The standard InChI is InChI=1S/C17H16ClNO2/c1-11-8-12-4-2-3-5-15(12)19(10-11)17(21)14-7-6-13(18)9-16(14)20/h2-7,9,11,20H,8,10H2,1H3. The van der Waals surface area contributed by atoms with Crippen LogP contribution in [0.25, 0.3) is 0 Å². The molecule has 2 aromatic rings. The van der Waals surface area contributed by atoms with E-state index in [1.165, 1.54) is 6.07 Å². The second-order valence-electron chi connectivity index (χ2n) is 5.52. The van der Waals surface area contributed by atoms with Crippen LogP contribution in [0.2, 0.25) is 5.02 Å². The second-order valence-corrected chi connectivity index (χ2v) is 5.95. The van der Waals surface area contributed by atoms with Crippen molar-refractivity contribution in [3.8, 4) is 5.75 Å². The van der Waals surface area contributed by atoms with Gasteiger partial charge in [-0.2, -0.15) is 0 Å². The summed E-state index contributed by atoms with van der Waals surface area (Å²) in [5, 5.41) is 10.4. The van der Waals surface area contributed by atoms with Crippen LogP contribution in [0.3, 0.4) is 0 Å². The smallest absolute Gasteiger partial charge is 0.262 e. The summed E-state index contributed by atoms with van der Waals surface area (Å²) in [5.41, 5.74) is 2.37. The number of rotatable bonds is 1. The summed E-state index contributed by atoms with van der Waals surface area (Å²) < 4.78 is 0. The van der Waals surface area contributed by atoms with Crippen molar-refractivity contribution in [1.29, 1.82) is 0 Å². The molecule has 1 N–H and O–H groups in total. The van der Waals surface area contributed by atoms with E-state index < -0.39 is 0 Å². The zero-order chi connectivity index (χ0) is 15.0. The number of para-hydroxylation sites is 1. The Labute approximate surface area is 128 Å². The van der Waals surface area contributed by atoms with Gasteiger partial charge in [-0.05, 0) is 42.2 Å². The van der Waals surface area contributed by atoms with E-state index in [1.54, 1.807) is 17.0 Å². The van der Waals surface area contributed by atoms with Crippen LogP contribution < -0.4 is 4.90 Å². The third-order valence-electron chi connectivity index (χ3n) is 3.78. The Kier molecular flexibility index (Phi) is 3.60. The molecule has 0 aliphatic carbocycles. The first kappa shape index (κ1) is 14.0. The number of phenols is 1. The van der Waals surface area contributed by atoms with Crippen molar-refractivity contribution < 1.29 is 9.90 Å². The maximum absolute atomic E-state index is 12.8. The Morgan fingerprint density at radius 1 is 1.29 bits per heavy atom. The van der Waals surface area contributed by atoms with Crippen LogP contribution in [0.4, 0.5) is 5.69 Å². The Morgan fingerprint density at radius 3 is 2.81 bits per heavy atom. The van der Waals surface area contributed by atoms with E-state index in [1.807, 2.05) is 24.3 Å². The van der Waals surface area contributed by atoms with Crippen molar-refractivity contribution in [3.05, 3.63) is 58.6 Å². The Balaban J connectivity index is 2.02. The molecule has 21 heavy (non-hydrogen) atoms. The van der Waals surface area contributed by atoms with Crippen LogP contribution in [0.5, 0.6) is 5.75 Å². The maximum atomic E-state index is 12.8. The van der Waals surface area contributed by atoms with Crippen LogP contribution in [0.15, 0.2) is 42.5 Å². The predicted octanol–water partition coefficient (Wildman–Crippen LogP) is 3.88. The van der Waals surface area contributed by atoms with Gasteiger partial charge in [0.25, 0.3) is 5.91 Å². The molecule has 1 aliphatic rings. The van der Waals surface area contributed by atoms with Gasteiger partial charge in [0.05, 0.1) is 5.56 Å². The fraction of sp³-hybridized carbons (Fsp3) is 0.235. The zero-order valence-corrected chi connectivity index (χ0v) is 12.5. The number of phenolic OH excluding ortho intramolecular Hbond substituents is 1. The number of halogens is 1. The molecule has 0 saturated heterocycles. The highest BCUT2D eigenvalue weighted by molar-refractivity contribution is 6.31. The van der Waals surface area contributed by atoms with Gasteiger partial charge in [-0.1, -0.05) is 36.7 Å². The predicted molar refractivity (Wildman–Crippen MR) is 84.1 cm³/mol. The van der Waals surface area contributed by atoms with Gasteiger partial charge in [0.2, 0.25) is 0 Å². The van der Waals surface area contributed by atoms with E-state index in [-0.39, 0.29) is 17.2 Å². The molecule has 1 aliphatic heterocycles. The van der Waals surface area contributed by atoms with E-state index in [0.29, 0.717) is 17.5 Å². The summed E-state index contributed by atoms with van der Waals surface area (Å²) in [5.74, 6) is 0.115. The van der Waals surface area contributed by atoms with Crippen molar-refractivity contribution in [2.45, 2.75) is 13.3 Å². The SMILES string of the molecule is CC1Cc2ccccc2N(C(=O)c2ccc(Cl)cc2O)C1. The summed E-state index contributed by atoms with van der Waals surface area (Å²) in [6.07, 6.45) is 0.965. The molecule has 0 radical (unpaired) electrons. The summed E-state index contributed by atoms with van der Waals surface area (Å²) in [7, 11) is 0. The Morgan fingerprint density at radius 2 is 2.05 bits per heavy atom. The summed E-state index contributed by atoms with van der Waals surface area (Å²) in [4.78, 5) is 14.5. The van der Waals surface area contributed by atoms with E-state index in [9.17, 15) is 9.90 Å². The molecule has 0 aromatic heterocycles. The normalized spacial score (nSPS) is 17.4. The lowest BCUT2D eigenvalue weighted by Crippen LogP contribution is -2.39. The van der Waals surface area contributed by atoms with Crippen molar-refractivity contribution in [2.24, 2.45) is 5.92 Å². The molecule has 0 bridgehead atoms. The number of hydrogen-bond donors (Lipinski definition) is 1. The van der Waals surface area contributed by atoms with Crippen LogP contribution in [-0.2, 0) is 6.42 Å². The molecule has 108 valence electrons. The number of nitrogens with zero attached hydrogens (tertiary/aromatic N) is 1. The molecule has 3 nitrogen and oxygen atoms in total. The van der Waals surface area contributed by atoms with Crippen LogP contribution in [0, 0.1) is 5.92 Å². The van der Waals surface area contributed by atoms with E-state index in [4.69, 9.17) is 11.6 Å². The average molecular weight is 302 g/mol. The van der Waals surface area contributed by atoms with E-state index >= 15 is 0 Å². The molecule has 1 heterocycles. The van der Waals surface area contributed by atoms with Crippen LogP contribution in [0.1, 0.15) is 22.8 Å². The van der Waals surface area contributed by atoms with Crippen LogP contribution in [-0.4, -0.2) is 17.6 Å². The fourth-order valence-corrected chi connectivity index (χ4v) is 2.99. The van der Waals surface area contributed by atoms with E-state index in [2.05, 4.69) is 6.92 Å². The highest BCUT2D eigenvalue weighted by Crippen LogP contribution is 2.32. The van der Waals surface area contributed by atoms with Crippen molar-refractivity contribution >= 4 is 23.2 Å². The molecular weight excluding hydrogens is 286 g/mol. The molecule has 0 fully saturated rings. The Hall–Kier alpha value is -2.00. The topological polar surface area (TPSA) is 40.5 Å². The number of fused-ring (bicyclic) bond motifs is 1. The first-order valence-corrected chi connectivity index (χ1v) is 7.32. The average Bonchev–Trinajstić information content (AvgIpc) is 2.45. The zero-order valence-electron chi connectivity index (χ0n) is 11.7. The number of amides is 1. The van der Waals surface area contributed by atoms with Crippen LogP contribution >= 0.6 is 11.6 Å². The lowest BCUT2D eigenvalue weighted by atomic mass is 9.93. The Bertz CT molecular complexity index is 699. The quantitative estimate of drug-likeness (QED) is 0.868. The molecule has 2 aromatic carbocycles. The van der Waals surface area contributed by atoms with Gasteiger partial charge in [-0.25, -0.2) is 0 Å². The minimum absolute atomic E-state index is 0.0804. The molecule has 3 rings (SSSR count). The molecular formula is C17H16ClNO2. The third-order valence-corrected chi connectivity index (χ3v) is 4.02. The maximum Gasteiger partial charge on any atom is 0.262 e. The number of anilines is 1. The number of benzene rings is 2. The molecule has 4 heteroatoms. The monoisotopic (exact) mass is 301 g/mol. The minimum Gasteiger partial charge on any atom is -0.507 e. The number of aromatic hydroxyl groups is 1. The minimum atomic E-state index is -0.192. The molecule has 0 spiro atoms. The first-order valence-electron chi connectivity index (χ1n) is 6.94. The van der Waals surface area contributed by atoms with Gasteiger partial charge in [0, 0.05) is 17.3 Å². The summed E-state index contributed by atoms with van der Waals surface area (Å²) in [6.45, 7) is 2.77. The first-order chi connectivity index (χ1) is 10.1. The number of carbonyl (C=O) groups excluding carboxylic acids is 1. The number of hydrogen-bond acceptors (Lipinski definition) is 2. The largest absolute Gasteiger partial charge is 0.507 e.